The van der Waals surface area contributed by atoms with E-state index in [4.69, 9.17) is 5.73 Å². The van der Waals surface area contributed by atoms with Crippen molar-refractivity contribution in [1.29, 1.82) is 0 Å². The molecule has 1 aliphatic heterocycles. The Morgan fingerprint density at radius 3 is 2.56 bits per heavy atom. The highest BCUT2D eigenvalue weighted by atomic mass is 19.1. The first-order valence-corrected chi connectivity index (χ1v) is 4.92. The maximum Gasteiger partial charge on any atom is 0.151 e. The number of nitrogens with zero attached hydrogens (tertiary/aromatic N) is 2. The Morgan fingerprint density at radius 1 is 1.38 bits per heavy atom. The van der Waals surface area contributed by atoms with E-state index in [0.717, 1.165) is 0 Å². The average Bonchev–Trinajstić information content (AvgIpc) is 2.29. The van der Waals surface area contributed by atoms with Crippen molar-refractivity contribution in [3.8, 4) is 0 Å². The number of rotatable bonds is 2. The number of nitrogens with two attached hydrogens (primary N) is 1. The third kappa shape index (κ3) is 1.96. The number of hydrogen-bond donors (Lipinski definition) is 2. The molecule has 2 rings (SSSR count). The molecule has 0 aromatic heterocycles. The third-order valence-electron chi connectivity index (χ3n) is 2.34. The van der Waals surface area contributed by atoms with E-state index in [1.54, 1.807) is 0 Å². The van der Waals surface area contributed by atoms with E-state index in [0.29, 0.717) is 18.7 Å². The fourth-order valence-corrected chi connectivity index (χ4v) is 1.57. The fraction of sp³-hybridized carbons (Fsp3) is 0.300. The summed E-state index contributed by atoms with van der Waals surface area (Å²) in [4.78, 5) is 3.90. The normalized spacial score (nSPS) is 15.1. The SMILES string of the molecule is NCc1cc(F)c(N2CCN=CN2)c(F)c1. The minimum atomic E-state index is -0.622. The quantitative estimate of drug-likeness (QED) is 0.783. The Balaban J connectivity index is 2.36. The zero-order valence-corrected chi connectivity index (χ0v) is 8.58. The Labute approximate surface area is 91.7 Å². The molecule has 16 heavy (non-hydrogen) atoms. The molecule has 0 radical (unpaired) electrons. The van der Waals surface area contributed by atoms with Gasteiger partial charge in [0.2, 0.25) is 0 Å². The summed E-state index contributed by atoms with van der Waals surface area (Å²) >= 11 is 0. The molecule has 0 bridgehead atoms. The van der Waals surface area contributed by atoms with Crippen LogP contribution >= 0.6 is 0 Å². The second kappa shape index (κ2) is 4.44. The molecule has 0 atom stereocenters. The van der Waals surface area contributed by atoms with E-state index in [-0.39, 0.29) is 12.2 Å². The van der Waals surface area contributed by atoms with E-state index >= 15 is 0 Å². The second-order valence-corrected chi connectivity index (χ2v) is 3.43. The van der Waals surface area contributed by atoms with Crippen molar-refractivity contribution >= 4 is 12.0 Å². The van der Waals surface area contributed by atoms with Gasteiger partial charge in [-0.25, -0.2) is 8.78 Å². The molecule has 6 heteroatoms. The minimum absolute atomic E-state index is 0.0941. The Hall–Kier alpha value is -1.69. The van der Waals surface area contributed by atoms with E-state index in [2.05, 4.69) is 10.4 Å². The number of anilines is 1. The topological polar surface area (TPSA) is 53.6 Å². The van der Waals surface area contributed by atoms with Gasteiger partial charge in [-0.05, 0) is 17.7 Å². The average molecular weight is 226 g/mol. The summed E-state index contributed by atoms with van der Waals surface area (Å²) in [5, 5.41) is 1.39. The summed E-state index contributed by atoms with van der Waals surface area (Å²) in [5.74, 6) is -1.24. The number of aliphatic imine (C=N–C) groups is 1. The van der Waals surface area contributed by atoms with Gasteiger partial charge in [-0.15, -0.1) is 0 Å². The summed E-state index contributed by atoms with van der Waals surface area (Å²) in [6.07, 6.45) is 1.42. The Morgan fingerprint density at radius 2 is 2.06 bits per heavy atom. The largest absolute Gasteiger partial charge is 0.326 e. The van der Waals surface area contributed by atoms with Crippen LogP contribution in [-0.4, -0.2) is 19.4 Å². The van der Waals surface area contributed by atoms with Gasteiger partial charge in [0.1, 0.15) is 12.0 Å². The van der Waals surface area contributed by atoms with Gasteiger partial charge in [0, 0.05) is 6.54 Å². The molecule has 1 aromatic rings. The first-order chi connectivity index (χ1) is 7.72. The number of halogens is 2. The van der Waals surface area contributed by atoms with Crippen LogP contribution in [0.3, 0.4) is 0 Å². The predicted octanol–water partition coefficient (Wildman–Crippen LogP) is 0.776. The lowest BCUT2D eigenvalue weighted by atomic mass is 10.2. The Bertz CT molecular complexity index is 396. The highest BCUT2D eigenvalue weighted by molar-refractivity contribution is 5.62. The molecule has 1 heterocycles. The number of hydrazine groups is 1. The van der Waals surface area contributed by atoms with Gasteiger partial charge in [-0.2, -0.15) is 0 Å². The zero-order chi connectivity index (χ0) is 11.5. The molecule has 0 saturated carbocycles. The van der Waals surface area contributed by atoms with Gasteiger partial charge >= 0.3 is 0 Å². The van der Waals surface area contributed by atoms with Crippen LogP contribution in [0, 0.1) is 11.6 Å². The van der Waals surface area contributed by atoms with Crippen LogP contribution < -0.4 is 16.2 Å². The molecule has 0 spiro atoms. The van der Waals surface area contributed by atoms with Crippen molar-refractivity contribution in [2.45, 2.75) is 6.54 Å². The van der Waals surface area contributed by atoms with Crippen molar-refractivity contribution in [3.05, 3.63) is 29.3 Å². The lowest BCUT2D eigenvalue weighted by Crippen LogP contribution is -2.43. The van der Waals surface area contributed by atoms with Crippen molar-refractivity contribution in [3.63, 3.8) is 0 Å². The van der Waals surface area contributed by atoms with Crippen LogP contribution in [0.5, 0.6) is 0 Å². The number of nitrogens with one attached hydrogen (secondary N) is 1. The van der Waals surface area contributed by atoms with Crippen LogP contribution in [0.15, 0.2) is 17.1 Å². The van der Waals surface area contributed by atoms with Crippen molar-refractivity contribution in [2.24, 2.45) is 10.7 Å². The third-order valence-corrected chi connectivity index (χ3v) is 2.34. The summed E-state index contributed by atoms with van der Waals surface area (Å²) in [6, 6.07) is 2.48. The summed E-state index contributed by atoms with van der Waals surface area (Å²) in [7, 11) is 0. The molecule has 4 nitrogen and oxygen atoms in total. The molecule has 86 valence electrons. The van der Waals surface area contributed by atoms with Gasteiger partial charge in [0.15, 0.2) is 11.6 Å². The molecule has 0 amide bonds. The maximum absolute atomic E-state index is 13.7. The molecule has 0 unspecified atom stereocenters. The number of hydrogen-bond acceptors (Lipinski definition) is 4. The van der Waals surface area contributed by atoms with Crippen molar-refractivity contribution in [1.82, 2.24) is 5.43 Å². The highest BCUT2D eigenvalue weighted by Gasteiger charge is 2.18. The monoisotopic (exact) mass is 226 g/mol. The molecule has 0 aliphatic carbocycles. The van der Waals surface area contributed by atoms with E-state index in [1.807, 2.05) is 0 Å². The smallest absolute Gasteiger partial charge is 0.151 e. The molecule has 1 aromatic carbocycles. The predicted molar refractivity (Wildman–Crippen MR) is 58.1 cm³/mol. The van der Waals surface area contributed by atoms with Gasteiger partial charge in [-0.3, -0.25) is 15.4 Å². The van der Waals surface area contributed by atoms with Crippen molar-refractivity contribution < 1.29 is 8.78 Å². The lowest BCUT2D eigenvalue weighted by Gasteiger charge is -2.27. The molecule has 0 saturated heterocycles. The minimum Gasteiger partial charge on any atom is -0.326 e. The summed E-state index contributed by atoms with van der Waals surface area (Å²) in [6.45, 7) is 1.04. The molecule has 3 N–H and O–H groups in total. The highest BCUT2D eigenvalue weighted by Crippen LogP contribution is 2.24. The molecule has 0 fully saturated rings. The first-order valence-electron chi connectivity index (χ1n) is 4.92. The molecule has 1 aliphatic rings. The van der Waals surface area contributed by atoms with Gasteiger partial charge in [0.25, 0.3) is 0 Å². The van der Waals surface area contributed by atoms with Crippen LogP contribution in [0.1, 0.15) is 5.56 Å². The maximum atomic E-state index is 13.7. The fourth-order valence-electron chi connectivity index (χ4n) is 1.57. The van der Waals surface area contributed by atoms with E-state index in [1.165, 1.54) is 23.5 Å². The second-order valence-electron chi connectivity index (χ2n) is 3.43. The zero-order valence-electron chi connectivity index (χ0n) is 8.58. The molecular formula is C10H12F2N4. The van der Waals surface area contributed by atoms with Crippen molar-refractivity contribution in [2.75, 3.05) is 18.1 Å². The van der Waals surface area contributed by atoms with Gasteiger partial charge in [0.05, 0.1) is 13.1 Å². The summed E-state index contributed by atoms with van der Waals surface area (Å²) in [5.41, 5.74) is 8.36. The van der Waals surface area contributed by atoms with Gasteiger partial charge in [-0.1, -0.05) is 0 Å². The van der Waals surface area contributed by atoms with Crippen LogP contribution in [0.2, 0.25) is 0 Å². The van der Waals surface area contributed by atoms with Crippen LogP contribution in [0.25, 0.3) is 0 Å². The first kappa shape index (κ1) is 10.8. The van der Waals surface area contributed by atoms with E-state index < -0.39 is 11.6 Å². The Kier molecular flexibility index (Phi) is 3.00. The van der Waals surface area contributed by atoms with Crippen LogP contribution in [-0.2, 0) is 6.54 Å². The lowest BCUT2D eigenvalue weighted by molar-refractivity contribution is 0.560. The standard InChI is InChI=1S/C10H12F2N4/c11-8-3-7(5-13)4-9(12)10(8)16-2-1-14-6-15-16/h3-4,6H,1-2,5,13H2,(H,14,15). The van der Waals surface area contributed by atoms with Gasteiger partial charge < -0.3 is 5.73 Å². The summed E-state index contributed by atoms with van der Waals surface area (Å²) < 4.78 is 27.3. The van der Waals surface area contributed by atoms with Crippen LogP contribution in [0.4, 0.5) is 14.5 Å². The number of benzene rings is 1. The molecular weight excluding hydrogens is 214 g/mol. The van der Waals surface area contributed by atoms with E-state index in [9.17, 15) is 8.78 Å².